The van der Waals surface area contributed by atoms with Crippen molar-refractivity contribution in [3.05, 3.63) is 0 Å². The van der Waals surface area contributed by atoms with E-state index in [2.05, 4.69) is 10.6 Å². The summed E-state index contributed by atoms with van der Waals surface area (Å²) in [4.78, 5) is 11.5. The van der Waals surface area contributed by atoms with Crippen molar-refractivity contribution in [2.24, 2.45) is 0 Å². The minimum atomic E-state index is -2.96. The fourth-order valence-electron chi connectivity index (χ4n) is 1.58. The van der Waals surface area contributed by atoms with Gasteiger partial charge in [-0.3, -0.25) is 4.79 Å². The SMILES string of the molecule is CS(=O)(=O)CCNCC(=O)NC1CCOCC1. The van der Waals surface area contributed by atoms with Gasteiger partial charge in [0.25, 0.3) is 0 Å². The summed E-state index contributed by atoms with van der Waals surface area (Å²) in [5.74, 6) is -0.0391. The van der Waals surface area contributed by atoms with E-state index in [-0.39, 0.29) is 24.2 Å². The predicted molar refractivity (Wildman–Crippen MR) is 64.6 cm³/mol. The van der Waals surface area contributed by atoms with Gasteiger partial charge in [0.15, 0.2) is 0 Å². The maximum Gasteiger partial charge on any atom is 0.234 e. The average molecular weight is 264 g/mol. The second-order valence-corrected chi connectivity index (χ2v) is 6.52. The van der Waals surface area contributed by atoms with E-state index in [1.54, 1.807) is 0 Å². The van der Waals surface area contributed by atoms with Gasteiger partial charge >= 0.3 is 0 Å². The number of rotatable bonds is 6. The van der Waals surface area contributed by atoms with Gasteiger partial charge in [-0.15, -0.1) is 0 Å². The summed E-state index contributed by atoms with van der Waals surface area (Å²) >= 11 is 0. The fourth-order valence-corrected chi connectivity index (χ4v) is 2.10. The van der Waals surface area contributed by atoms with Crippen molar-refractivity contribution in [2.45, 2.75) is 18.9 Å². The molecule has 2 N–H and O–H groups in total. The van der Waals surface area contributed by atoms with E-state index in [0.29, 0.717) is 19.8 Å². The number of hydrogen-bond acceptors (Lipinski definition) is 5. The molecule has 0 aromatic heterocycles. The topological polar surface area (TPSA) is 84.5 Å². The lowest BCUT2D eigenvalue weighted by molar-refractivity contribution is -0.121. The first-order valence-electron chi connectivity index (χ1n) is 5.73. The first-order valence-corrected chi connectivity index (χ1v) is 7.79. The first kappa shape index (κ1) is 14.4. The zero-order valence-electron chi connectivity index (χ0n) is 10.1. The van der Waals surface area contributed by atoms with Crippen LogP contribution in [-0.2, 0) is 19.4 Å². The molecule has 0 aromatic carbocycles. The Morgan fingerprint density at radius 3 is 2.59 bits per heavy atom. The molecule has 17 heavy (non-hydrogen) atoms. The van der Waals surface area contributed by atoms with Gasteiger partial charge in [0.1, 0.15) is 9.84 Å². The molecule has 1 rings (SSSR count). The highest BCUT2D eigenvalue weighted by Gasteiger charge is 2.15. The zero-order chi connectivity index (χ0) is 12.7. The van der Waals surface area contributed by atoms with Crippen LogP contribution in [-0.4, -0.2) is 58.7 Å². The number of carbonyl (C=O) groups excluding carboxylic acids is 1. The van der Waals surface area contributed by atoms with Crippen LogP contribution in [0.5, 0.6) is 0 Å². The van der Waals surface area contributed by atoms with Crippen LogP contribution in [0, 0.1) is 0 Å². The van der Waals surface area contributed by atoms with Crippen LogP contribution >= 0.6 is 0 Å². The molecule has 0 saturated carbocycles. The maximum absolute atomic E-state index is 11.5. The van der Waals surface area contributed by atoms with Crippen molar-refractivity contribution >= 4 is 15.7 Å². The monoisotopic (exact) mass is 264 g/mol. The van der Waals surface area contributed by atoms with Crippen molar-refractivity contribution in [3.63, 3.8) is 0 Å². The Hall–Kier alpha value is -0.660. The highest BCUT2D eigenvalue weighted by Crippen LogP contribution is 2.05. The zero-order valence-corrected chi connectivity index (χ0v) is 10.9. The molecule has 0 radical (unpaired) electrons. The summed E-state index contributed by atoms with van der Waals surface area (Å²) in [5, 5.41) is 5.69. The molecule has 0 aromatic rings. The van der Waals surface area contributed by atoms with Crippen LogP contribution < -0.4 is 10.6 Å². The van der Waals surface area contributed by atoms with Gasteiger partial charge in [-0.05, 0) is 12.8 Å². The van der Waals surface area contributed by atoms with Crippen LogP contribution in [0.4, 0.5) is 0 Å². The standard InChI is InChI=1S/C10H20N2O4S/c1-17(14,15)7-4-11-8-10(13)12-9-2-5-16-6-3-9/h9,11H,2-8H2,1H3,(H,12,13). The lowest BCUT2D eigenvalue weighted by atomic mass is 10.1. The summed E-state index contributed by atoms with van der Waals surface area (Å²) in [5.41, 5.74) is 0. The van der Waals surface area contributed by atoms with Gasteiger partial charge in [0.05, 0.1) is 12.3 Å². The van der Waals surface area contributed by atoms with E-state index in [1.165, 1.54) is 6.26 Å². The van der Waals surface area contributed by atoms with E-state index in [4.69, 9.17) is 4.74 Å². The van der Waals surface area contributed by atoms with Crippen molar-refractivity contribution in [1.82, 2.24) is 10.6 Å². The van der Waals surface area contributed by atoms with Crippen LogP contribution in [0.3, 0.4) is 0 Å². The smallest absolute Gasteiger partial charge is 0.234 e. The van der Waals surface area contributed by atoms with E-state index < -0.39 is 9.84 Å². The lowest BCUT2D eigenvalue weighted by Crippen LogP contribution is -2.43. The molecule has 1 heterocycles. The van der Waals surface area contributed by atoms with E-state index in [1.807, 2.05) is 0 Å². The van der Waals surface area contributed by atoms with E-state index in [9.17, 15) is 13.2 Å². The number of carbonyl (C=O) groups is 1. The maximum atomic E-state index is 11.5. The highest BCUT2D eigenvalue weighted by molar-refractivity contribution is 7.90. The minimum absolute atomic E-state index is 0.0531. The normalized spacial score (nSPS) is 17.9. The summed E-state index contributed by atoms with van der Waals surface area (Å²) in [6, 6.07) is 0.188. The van der Waals surface area contributed by atoms with Gasteiger partial charge in [0, 0.05) is 32.1 Å². The Balaban J connectivity index is 2.08. The number of amides is 1. The molecule has 1 aliphatic heterocycles. The fraction of sp³-hybridized carbons (Fsp3) is 0.900. The van der Waals surface area contributed by atoms with Crippen LogP contribution in [0.25, 0.3) is 0 Å². The summed E-state index contributed by atoms with van der Waals surface area (Å²) in [7, 11) is -2.96. The third-order valence-electron chi connectivity index (χ3n) is 2.52. The second-order valence-electron chi connectivity index (χ2n) is 4.26. The summed E-state index contributed by atoms with van der Waals surface area (Å²) in [6.45, 7) is 1.84. The molecular weight excluding hydrogens is 244 g/mol. The van der Waals surface area contributed by atoms with Gasteiger partial charge in [-0.1, -0.05) is 0 Å². The third kappa shape index (κ3) is 7.30. The van der Waals surface area contributed by atoms with Crippen molar-refractivity contribution in [3.8, 4) is 0 Å². The van der Waals surface area contributed by atoms with Crippen LogP contribution in [0.15, 0.2) is 0 Å². The first-order chi connectivity index (χ1) is 7.97. The summed E-state index contributed by atoms with van der Waals surface area (Å²) < 4.78 is 26.9. The predicted octanol–water partition coefficient (Wildman–Crippen LogP) is -1.08. The van der Waals surface area contributed by atoms with Gasteiger partial charge in [-0.25, -0.2) is 8.42 Å². The van der Waals surface area contributed by atoms with Crippen molar-refractivity contribution in [2.75, 3.05) is 38.3 Å². The Morgan fingerprint density at radius 1 is 1.35 bits per heavy atom. The van der Waals surface area contributed by atoms with Gasteiger partial charge < -0.3 is 15.4 Å². The van der Waals surface area contributed by atoms with Gasteiger partial charge in [-0.2, -0.15) is 0 Å². The Kier molecular flexibility index (Phi) is 5.87. The molecular formula is C10H20N2O4S. The Bertz CT molecular complexity index is 336. The molecule has 1 amide bonds. The molecule has 100 valence electrons. The molecule has 1 saturated heterocycles. The van der Waals surface area contributed by atoms with Crippen molar-refractivity contribution < 1.29 is 17.9 Å². The lowest BCUT2D eigenvalue weighted by Gasteiger charge is -2.23. The summed E-state index contributed by atoms with van der Waals surface area (Å²) in [6.07, 6.45) is 2.86. The molecule has 1 aliphatic rings. The quantitative estimate of drug-likeness (QED) is 0.596. The molecule has 0 bridgehead atoms. The molecule has 7 heteroatoms. The molecule has 0 unspecified atom stereocenters. The molecule has 1 fully saturated rings. The van der Waals surface area contributed by atoms with Crippen LogP contribution in [0.2, 0.25) is 0 Å². The van der Waals surface area contributed by atoms with Gasteiger partial charge in [0.2, 0.25) is 5.91 Å². The second kappa shape index (κ2) is 6.93. The Labute approximate surface area is 102 Å². The molecule has 0 spiro atoms. The number of nitrogens with one attached hydrogen (secondary N) is 2. The highest BCUT2D eigenvalue weighted by atomic mass is 32.2. The van der Waals surface area contributed by atoms with Crippen molar-refractivity contribution in [1.29, 1.82) is 0 Å². The molecule has 6 nitrogen and oxygen atoms in total. The number of hydrogen-bond donors (Lipinski definition) is 2. The average Bonchev–Trinajstić information content (AvgIpc) is 2.25. The van der Waals surface area contributed by atoms with E-state index in [0.717, 1.165) is 12.8 Å². The van der Waals surface area contributed by atoms with Crippen LogP contribution in [0.1, 0.15) is 12.8 Å². The van der Waals surface area contributed by atoms with E-state index >= 15 is 0 Å². The molecule has 0 atom stereocenters. The minimum Gasteiger partial charge on any atom is -0.381 e. The third-order valence-corrected chi connectivity index (χ3v) is 3.47. The number of sulfone groups is 1. The Morgan fingerprint density at radius 2 is 2.00 bits per heavy atom. The number of ether oxygens (including phenoxy) is 1. The largest absolute Gasteiger partial charge is 0.381 e. The molecule has 0 aliphatic carbocycles.